The molecule has 3 aromatic rings. The summed E-state index contributed by atoms with van der Waals surface area (Å²) in [5.41, 5.74) is 2.04. The third-order valence-electron chi connectivity index (χ3n) is 5.15. The van der Waals surface area contributed by atoms with Crippen LogP contribution in [0.2, 0.25) is 0 Å². The van der Waals surface area contributed by atoms with E-state index in [0.29, 0.717) is 31.2 Å². The highest BCUT2D eigenvalue weighted by molar-refractivity contribution is 9.10. The summed E-state index contributed by atoms with van der Waals surface area (Å²) >= 11 is 3.43. The molecule has 4 rings (SSSR count). The van der Waals surface area contributed by atoms with Gasteiger partial charge in [0.25, 0.3) is 0 Å². The number of hydrogen-bond donors (Lipinski definition) is 0. The maximum Gasteiger partial charge on any atom is 0.228 e. The summed E-state index contributed by atoms with van der Waals surface area (Å²) in [5.74, 6) is 1.53. The summed E-state index contributed by atoms with van der Waals surface area (Å²) in [6.07, 6.45) is 3.70. The van der Waals surface area contributed by atoms with E-state index in [-0.39, 0.29) is 11.8 Å². The maximum absolute atomic E-state index is 12.9. The lowest BCUT2D eigenvalue weighted by Crippen LogP contribution is -2.39. The Morgan fingerprint density at radius 3 is 2.54 bits per heavy atom. The molecule has 1 aliphatic carbocycles. The average Bonchev–Trinajstić information content (AvgIpc) is 3.14. The Morgan fingerprint density at radius 1 is 1.11 bits per heavy atom. The van der Waals surface area contributed by atoms with E-state index in [4.69, 9.17) is 4.52 Å². The van der Waals surface area contributed by atoms with E-state index in [1.807, 2.05) is 47.4 Å². The minimum absolute atomic E-state index is 0.171. The summed E-state index contributed by atoms with van der Waals surface area (Å²) in [6.45, 7) is 1.19. The van der Waals surface area contributed by atoms with E-state index in [9.17, 15) is 4.79 Å². The van der Waals surface area contributed by atoms with Gasteiger partial charge in [0.05, 0.1) is 0 Å². The molecule has 0 saturated heterocycles. The largest absolute Gasteiger partial charge is 0.339 e. The summed E-state index contributed by atoms with van der Waals surface area (Å²) in [7, 11) is 0. The molecule has 144 valence electrons. The highest BCUT2D eigenvalue weighted by atomic mass is 79.9. The van der Waals surface area contributed by atoms with Crippen LogP contribution in [0.1, 0.15) is 30.7 Å². The van der Waals surface area contributed by atoms with Crippen LogP contribution in [-0.2, 0) is 17.8 Å². The Labute approximate surface area is 172 Å². The van der Waals surface area contributed by atoms with Crippen LogP contribution in [-0.4, -0.2) is 27.5 Å². The first-order valence-corrected chi connectivity index (χ1v) is 10.4. The number of halogens is 1. The van der Waals surface area contributed by atoms with E-state index in [1.165, 1.54) is 0 Å². The van der Waals surface area contributed by atoms with Crippen molar-refractivity contribution < 1.29 is 9.32 Å². The molecule has 0 bridgehead atoms. The highest BCUT2D eigenvalue weighted by Crippen LogP contribution is 2.29. The predicted octanol–water partition coefficient (Wildman–Crippen LogP) is 4.87. The van der Waals surface area contributed by atoms with Crippen molar-refractivity contribution in [1.29, 1.82) is 0 Å². The van der Waals surface area contributed by atoms with Crippen molar-refractivity contribution in [2.24, 2.45) is 5.92 Å². The molecule has 1 aromatic heterocycles. The zero-order chi connectivity index (χ0) is 19.3. The zero-order valence-electron chi connectivity index (χ0n) is 15.6. The van der Waals surface area contributed by atoms with Gasteiger partial charge in [0, 0.05) is 35.5 Å². The molecule has 1 heterocycles. The van der Waals surface area contributed by atoms with Crippen LogP contribution in [0.3, 0.4) is 0 Å². The number of carbonyl (C=O) groups excluding carboxylic acids is 1. The quantitative estimate of drug-likeness (QED) is 0.526. The third kappa shape index (κ3) is 4.50. The second-order valence-corrected chi connectivity index (χ2v) is 8.06. The smallest absolute Gasteiger partial charge is 0.228 e. The topological polar surface area (TPSA) is 59.2 Å². The van der Waals surface area contributed by atoms with Gasteiger partial charge in [-0.2, -0.15) is 4.98 Å². The van der Waals surface area contributed by atoms with Gasteiger partial charge in [-0.3, -0.25) is 4.79 Å². The molecule has 1 fully saturated rings. The number of carbonyl (C=O) groups is 1. The Kier molecular flexibility index (Phi) is 5.86. The number of hydrogen-bond acceptors (Lipinski definition) is 4. The molecule has 28 heavy (non-hydrogen) atoms. The lowest BCUT2D eigenvalue weighted by atomic mass is 9.84. The molecular formula is C22H22BrN3O2. The van der Waals surface area contributed by atoms with Gasteiger partial charge in [0.15, 0.2) is 0 Å². The number of amides is 1. The van der Waals surface area contributed by atoms with E-state index >= 15 is 0 Å². The summed E-state index contributed by atoms with van der Waals surface area (Å²) < 4.78 is 6.43. The molecule has 0 radical (unpaired) electrons. The minimum atomic E-state index is 0.171. The zero-order valence-corrected chi connectivity index (χ0v) is 17.1. The third-order valence-corrected chi connectivity index (χ3v) is 5.68. The van der Waals surface area contributed by atoms with Crippen LogP contribution in [0.4, 0.5) is 0 Å². The maximum atomic E-state index is 12.9. The second-order valence-electron chi connectivity index (χ2n) is 7.14. The first-order chi connectivity index (χ1) is 13.7. The average molecular weight is 440 g/mol. The van der Waals surface area contributed by atoms with Crippen molar-refractivity contribution in [3.63, 3.8) is 0 Å². The minimum Gasteiger partial charge on any atom is -0.339 e. The molecular weight excluding hydrogens is 418 g/mol. The van der Waals surface area contributed by atoms with Crippen LogP contribution in [0.5, 0.6) is 0 Å². The monoisotopic (exact) mass is 439 g/mol. The molecule has 1 amide bonds. The molecule has 2 aromatic carbocycles. The highest BCUT2D eigenvalue weighted by Gasteiger charge is 2.29. The van der Waals surface area contributed by atoms with E-state index in [1.54, 1.807) is 0 Å². The van der Waals surface area contributed by atoms with Crippen LogP contribution >= 0.6 is 15.9 Å². The summed E-state index contributed by atoms with van der Waals surface area (Å²) in [6, 6.07) is 17.9. The second kappa shape index (κ2) is 8.69. The van der Waals surface area contributed by atoms with E-state index in [2.05, 4.69) is 38.2 Å². The van der Waals surface area contributed by atoms with Gasteiger partial charge < -0.3 is 9.42 Å². The van der Waals surface area contributed by atoms with Gasteiger partial charge in [-0.25, -0.2) is 0 Å². The number of rotatable bonds is 7. The van der Waals surface area contributed by atoms with Crippen molar-refractivity contribution >= 4 is 21.8 Å². The molecule has 0 atom stereocenters. The Bertz CT molecular complexity index is 920. The molecule has 0 aliphatic heterocycles. The van der Waals surface area contributed by atoms with Crippen molar-refractivity contribution in [1.82, 2.24) is 15.0 Å². The fourth-order valence-corrected chi connectivity index (χ4v) is 3.55. The lowest BCUT2D eigenvalue weighted by Gasteiger charge is -2.31. The molecule has 1 saturated carbocycles. The van der Waals surface area contributed by atoms with Gasteiger partial charge in [0.2, 0.25) is 17.6 Å². The molecule has 0 spiro atoms. The first kappa shape index (κ1) is 18.9. The Balaban J connectivity index is 1.43. The van der Waals surface area contributed by atoms with Crippen molar-refractivity contribution in [3.8, 4) is 11.4 Å². The molecule has 5 nitrogen and oxygen atoms in total. The van der Waals surface area contributed by atoms with Crippen molar-refractivity contribution in [2.75, 3.05) is 6.54 Å². The van der Waals surface area contributed by atoms with Crippen molar-refractivity contribution in [2.45, 2.75) is 32.2 Å². The van der Waals surface area contributed by atoms with Gasteiger partial charge in [-0.15, -0.1) is 0 Å². The standard InChI is InChI=1S/C22H22BrN3O2/c23-19-11-9-17(10-12-19)21-24-20(28-25-21)13-14-26(22(27)18-7-4-8-18)15-16-5-2-1-3-6-16/h1-3,5-6,9-12,18H,4,7-8,13-15H2. The molecule has 0 unspecified atom stereocenters. The van der Waals surface area contributed by atoms with Gasteiger partial charge in [0.1, 0.15) is 0 Å². The van der Waals surface area contributed by atoms with E-state index in [0.717, 1.165) is 34.9 Å². The number of nitrogens with zero attached hydrogens (tertiary/aromatic N) is 3. The fraction of sp³-hybridized carbons (Fsp3) is 0.318. The molecule has 1 aliphatic rings. The van der Waals surface area contributed by atoms with Crippen LogP contribution in [0.25, 0.3) is 11.4 Å². The molecule has 0 N–H and O–H groups in total. The van der Waals surface area contributed by atoms with Crippen LogP contribution < -0.4 is 0 Å². The lowest BCUT2D eigenvalue weighted by molar-refractivity contribution is -0.138. The van der Waals surface area contributed by atoms with Crippen LogP contribution in [0, 0.1) is 5.92 Å². The Morgan fingerprint density at radius 2 is 1.86 bits per heavy atom. The normalized spacial score (nSPS) is 13.9. The first-order valence-electron chi connectivity index (χ1n) is 9.60. The SMILES string of the molecule is O=C(C1CCC1)N(CCc1nc(-c2ccc(Br)cc2)no1)Cc1ccccc1. The molecule has 6 heteroatoms. The summed E-state index contributed by atoms with van der Waals surface area (Å²) in [4.78, 5) is 19.3. The Hall–Kier alpha value is -2.47. The predicted molar refractivity (Wildman–Crippen MR) is 110 cm³/mol. The van der Waals surface area contributed by atoms with Gasteiger partial charge in [-0.05, 0) is 42.7 Å². The van der Waals surface area contributed by atoms with Gasteiger partial charge in [-0.1, -0.05) is 57.8 Å². The number of benzene rings is 2. The number of aromatic nitrogens is 2. The van der Waals surface area contributed by atoms with E-state index < -0.39 is 0 Å². The summed E-state index contributed by atoms with van der Waals surface area (Å²) in [5, 5.41) is 4.08. The van der Waals surface area contributed by atoms with Crippen molar-refractivity contribution in [3.05, 3.63) is 70.5 Å². The van der Waals surface area contributed by atoms with Crippen LogP contribution in [0.15, 0.2) is 63.6 Å². The fourth-order valence-electron chi connectivity index (χ4n) is 3.29. The van der Waals surface area contributed by atoms with Gasteiger partial charge >= 0.3 is 0 Å².